The molecule has 0 amide bonds. The highest BCUT2D eigenvalue weighted by Crippen LogP contribution is 2.34. The first-order valence-electron chi connectivity index (χ1n) is 9.47. The van der Waals surface area contributed by atoms with Crippen LogP contribution in [0.2, 0.25) is 0 Å². The van der Waals surface area contributed by atoms with E-state index in [0.29, 0.717) is 23.7 Å². The Bertz CT molecular complexity index is 1010. The summed E-state index contributed by atoms with van der Waals surface area (Å²) in [6, 6.07) is 19.6. The van der Waals surface area contributed by atoms with Crippen molar-refractivity contribution in [3.63, 3.8) is 0 Å². The maximum atomic E-state index is 12.6. The quantitative estimate of drug-likeness (QED) is 0.420. The highest BCUT2D eigenvalue weighted by Gasteiger charge is 2.27. The van der Waals surface area contributed by atoms with E-state index in [1.165, 1.54) is 5.56 Å². The van der Waals surface area contributed by atoms with Gasteiger partial charge in [0.05, 0.1) is 12.2 Å². The molecule has 1 aliphatic rings. The summed E-state index contributed by atoms with van der Waals surface area (Å²) in [5.41, 5.74) is 2.73. The summed E-state index contributed by atoms with van der Waals surface area (Å²) < 4.78 is 13.5. The fourth-order valence-electron chi connectivity index (χ4n) is 3.09. The van der Waals surface area contributed by atoms with Gasteiger partial charge in [-0.05, 0) is 30.2 Å². The van der Waals surface area contributed by atoms with E-state index in [0.717, 1.165) is 24.3 Å². The standard InChI is InChI=1S/C24H22NO3.BrH/c1-2-14-27-20-8-9-21-22(16-20)28-23(24(21)26)15-18-10-12-25(13-11-18)17-19-6-4-3-5-7-19;/h3-13,15-16H,2,14,17H2,1H3;1H/q+1;/p-1/b23-15-;. The number of hydrogen-bond donors (Lipinski definition) is 0. The van der Waals surface area contributed by atoms with Crippen LogP contribution in [-0.2, 0) is 6.54 Å². The molecule has 148 valence electrons. The van der Waals surface area contributed by atoms with E-state index in [-0.39, 0.29) is 22.8 Å². The summed E-state index contributed by atoms with van der Waals surface area (Å²) in [6.07, 6.45) is 6.72. The molecule has 0 aliphatic carbocycles. The molecule has 4 nitrogen and oxygen atoms in total. The third-order valence-electron chi connectivity index (χ3n) is 4.54. The molecule has 0 N–H and O–H groups in total. The Hall–Kier alpha value is -2.92. The van der Waals surface area contributed by atoms with Crippen LogP contribution in [0.15, 0.2) is 78.8 Å². The monoisotopic (exact) mass is 451 g/mol. The van der Waals surface area contributed by atoms with Crippen molar-refractivity contribution >= 4 is 11.9 Å². The predicted octanol–water partition coefficient (Wildman–Crippen LogP) is 1.43. The second-order valence-electron chi connectivity index (χ2n) is 6.74. The van der Waals surface area contributed by atoms with Crippen LogP contribution in [0.1, 0.15) is 34.8 Å². The molecule has 1 aliphatic heterocycles. The van der Waals surface area contributed by atoms with Gasteiger partial charge < -0.3 is 26.5 Å². The van der Waals surface area contributed by atoms with Gasteiger partial charge in [-0.1, -0.05) is 37.3 Å². The number of fused-ring (bicyclic) bond motifs is 1. The van der Waals surface area contributed by atoms with Crippen molar-refractivity contribution in [3.8, 4) is 11.5 Å². The Labute approximate surface area is 181 Å². The number of carbonyl (C=O) groups excluding carboxylic acids is 1. The molecule has 2 heterocycles. The van der Waals surface area contributed by atoms with Crippen LogP contribution in [0.25, 0.3) is 6.08 Å². The molecule has 0 atom stereocenters. The van der Waals surface area contributed by atoms with Crippen molar-refractivity contribution in [2.75, 3.05) is 6.61 Å². The van der Waals surface area contributed by atoms with Crippen LogP contribution >= 0.6 is 0 Å². The Morgan fingerprint density at radius 1 is 1.03 bits per heavy atom. The molecule has 1 aromatic heterocycles. The fraction of sp³-hybridized carbons (Fsp3) is 0.167. The van der Waals surface area contributed by atoms with E-state index in [2.05, 4.69) is 23.6 Å². The number of carbonyl (C=O) groups is 1. The van der Waals surface area contributed by atoms with Crippen LogP contribution < -0.4 is 31.0 Å². The summed E-state index contributed by atoms with van der Waals surface area (Å²) in [6.45, 7) is 3.50. The van der Waals surface area contributed by atoms with Crippen LogP contribution in [0.4, 0.5) is 0 Å². The van der Waals surface area contributed by atoms with Gasteiger partial charge in [0.25, 0.3) is 0 Å². The van der Waals surface area contributed by atoms with Crippen LogP contribution in [0.3, 0.4) is 0 Å². The first-order chi connectivity index (χ1) is 13.7. The normalized spacial score (nSPS) is 13.6. The molecule has 2 aromatic carbocycles. The zero-order valence-electron chi connectivity index (χ0n) is 16.2. The SMILES string of the molecule is CCCOc1ccc2c(c1)O/C(=C\c1cc[n+](Cc3ccccc3)cc1)C2=O.[Br-]. The molecule has 29 heavy (non-hydrogen) atoms. The maximum absolute atomic E-state index is 12.6. The molecule has 0 fully saturated rings. The zero-order valence-corrected chi connectivity index (χ0v) is 17.8. The number of aromatic nitrogens is 1. The number of benzene rings is 2. The summed E-state index contributed by atoms with van der Waals surface area (Å²) in [4.78, 5) is 12.6. The van der Waals surface area contributed by atoms with E-state index in [9.17, 15) is 4.79 Å². The average Bonchev–Trinajstić information content (AvgIpc) is 3.03. The number of halogens is 1. The molecule has 0 saturated carbocycles. The Morgan fingerprint density at radius 2 is 1.79 bits per heavy atom. The predicted molar refractivity (Wildman–Crippen MR) is 107 cm³/mol. The number of rotatable bonds is 6. The average molecular weight is 452 g/mol. The number of ketones is 1. The molecule has 3 aromatic rings. The van der Waals surface area contributed by atoms with Gasteiger partial charge in [0.15, 0.2) is 24.7 Å². The van der Waals surface area contributed by atoms with Gasteiger partial charge in [0, 0.05) is 23.8 Å². The van der Waals surface area contributed by atoms with E-state index in [1.807, 2.05) is 48.8 Å². The molecule has 0 radical (unpaired) electrons. The van der Waals surface area contributed by atoms with Gasteiger partial charge in [-0.25, -0.2) is 4.57 Å². The summed E-state index contributed by atoms with van der Waals surface area (Å²) in [7, 11) is 0. The molecular weight excluding hydrogens is 430 g/mol. The van der Waals surface area contributed by atoms with Gasteiger partial charge in [-0.3, -0.25) is 4.79 Å². The van der Waals surface area contributed by atoms with Gasteiger partial charge >= 0.3 is 0 Å². The lowest BCUT2D eigenvalue weighted by Gasteiger charge is -2.05. The highest BCUT2D eigenvalue weighted by atomic mass is 79.9. The van der Waals surface area contributed by atoms with Crippen LogP contribution in [0.5, 0.6) is 11.5 Å². The van der Waals surface area contributed by atoms with Crippen molar-refractivity contribution in [3.05, 3.63) is 95.5 Å². The maximum Gasteiger partial charge on any atom is 0.231 e. The summed E-state index contributed by atoms with van der Waals surface area (Å²) >= 11 is 0. The van der Waals surface area contributed by atoms with Crippen molar-refractivity contribution in [2.45, 2.75) is 19.9 Å². The van der Waals surface area contributed by atoms with E-state index < -0.39 is 0 Å². The Kier molecular flexibility index (Phi) is 6.83. The molecule has 0 bridgehead atoms. The number of pyridine rings is 1. The molecule has 0 unspecified atom stereocenters. The minimum absolute atomic E-state index is 0. The number of Topliss-reactive ketones (excluding diaryl/α,β-unsaturated/α-hetero) is 1. The van der Waals surface area contributed by atoms with Crippen molar-refractivity contribution in [1.29, 1.82) is 0 Å². The van der Waals surface area contributed by atoms with Crippen molar-refractivity contribution < 1.29 is 35.8 Å². The lowest BCUT2D eigenvalue weighted by Crippen LogP contribution is -3.00. The van der Waals surface area contributed by atoms with Gasteiger partial charge in [0.1, 0.15) is 11.5 Å². The van der Waals surface area contributed by atoms with Crippen molar-refractivity contribution in [2.24, 2.45) is 0 Å². The minimum atomic E-state index is -0.0990. The van der Waals surface area contributed by atoms with Gasteiger partial charge in [-0.15, -0.1) is 0 Å². The molecule has 0 spiro atoms. The lowest BCUT2D eigenvalue weighted by atomic mass is 10.1. The largest absolute Gasteiger partial charge is 1.00 e. The van der Waals surface area contributed by atoms with Gasteiger partial charge in [0.2, 0.25) is 5.78 Å². The molecular formula is C24H22BrNO3. The Balaban J connectivity index is 0.00000240. The first-order valence-corrected chi connectivity index (χ1v) is 9.47. The summed E-state index contributed by atoms with van der Waals surface area (Å²) in [5, 5.41) is 0. The topological polar surface area (TPSA) is 39.4 Å². The highest BCUT2D eigenvalue weighted by molar-refractivity contribution is 6.14. The molecule has 4 rings (SSSR count). The van der Waals surface area contributed by atoms with Crippen LogP contribution in [0, 0.1) is 0 Å². The molecule has 5 heteroatoms. The Morgan fingerprint density at radius 3 is 2.52 bits per heavy atom. The number of nitrogens with zero attached hydrogens (tertiary/aromatic N) is 1. The van der Waals surface area contributed by atoms with E-state index in [1.54, 1.807) is 18.2 Å². The van der Waals surface area contributed by atoms with Crippen LogP contribution in [-0.4, -0.2) is 12.4 Å². The second-order valence-corrected chi connectivity index (χ2v) is 6.74. The summed E-state index contributed by atoms with van der Waals surface area (Å²) in [5.74, 6) is 1.51. The minimum Gasteiger partial charge on any atom is -1.00 e. The lowest BCUT2D eigenvalue weighted by molar-refractivity contribution is -0.688. The smallest absolute Gasteiger partial charge is 0.231 e. The number of ether oxygens (including phenoxy) is 2. The van der Waals surface area contributed by atoms with Gasteiger partial charge in [-0.2, -0.15) is 0 Å². The fourth-order valence-corrected chi connectivity index (χ4v) is 3.09. The molecule has 0 saturated heterocycles. The number of hydrogen-bond acceptors (Lipinski definition) is 3. The second kappa shape index (κ2) is 9.52. The third kappa shape index (κ3) is 4.93. The van der Waals surface area contributed by atoms with Crippen molar-refractivity contribution in [1.82, 2.24) is 0 Å². The van der Waals surface area contributed by atoms with E-state index >= 15 is 0 Å². The van der Waals surface area contributed by atoms with E-state index in [4.69, 9.17) is 9.47 Å². The zero-order chi connectivity index (χ0) is 19.3. The first kappa shape index (κ1) is 20.8. The third-order valence-corrected chi connectivity index (χ3v) is 4.54. The number of allylic oxidation sites excluding steroid dienone is 1.